The molecule has 1 aliphatic rings. The number of rotatable bonds is 0. The lowest BCUT2D eigenvalue weighted by Crippen LogP contribution is -2.13. The van der Waals surface area contributed by atoms with Gasteiger partial charge in [0.2, 0.25) is 0 Å². The molecule has 2 nitrogen and oxygen atoms in total. The third kappa shape index (κ3) is 1.29. The first-order valence-electron chi connectivity index (χ1n) is 6.06. The first-order valence-corrected chi connectivity index (χ1v) is 6.06. The topological polar surface area (TPSA) is 17.8 Å². The lowest BCUT2D eigenvalue weighted by atomic mass is 9.86. The minimum Gasteiger partial charge on any atom is -0.328 e. The molecule has 16 heavy (non-hydrogen) atoms. The maximum absolute atomic E-state index is 4.73. The molecule has 0 unspecified atom stereocenters. The molecular weight excluding hydrogens is 196 g/mol. The number of imidazole rings is 1. The van der Waals surface area contributed by atoms with Gasteiger partial charge in [-0.2, -0.15) is 0 Å². The quantitative estimate of drug-likeness (QED) is 0.658. The monoisotopic (exact) mass is 214 g/mol. The van der Waals surface area contributed by atoms with Crippen LogP contribution in [0.2, 0.25) is 0 Å². The number of para-hydroxylation sites is 1. The van der Waals surface area contributed by atoms with E-state index in [2.05, 4.69) is 43.5 Å². The van der Waals surface area contributed by atoms with Crippen molar-refractivity contribution in [2.75, 3.05) is 0 Å². The number of hydrogen-bond donors (Lipinski definition) is 0. The van der Waals surface area contributed by atoms with Crippen molar-refractivity contribution in [3.63, 3.8) is 0 Å². The molecule has 0 bridgehead atoms. The first-order chi connectivity index (χ1) is 7.57. The van der Waals surface area contributed by atoms with Crippen LogP contribution in [0.3, 0.4) is 0 Å². The Hall–Kier alpha value is -1.31. The zero-order valence-corrected chi connectivity index (χ0v) is 10.2. The average molecular weight is 214 g/mol. The average Bonchev–Trinajstić information content (AvgIpc) is 2.73. The summed E-state index contributed by atoms with van der Waals surface area (Å²) in [5, 5.41) is 0. The predicted molar refractivity (Wildman–Crippen MR) is 66.8 cm³/mol. The Balaban J connectivity index is 2.37. The van der Waals surface area contributed by atoms with Crippen LogP contribution in [0, 0.1) is 0 Å². The summed E-state index contributed by atoms with van der Waals surface area (Å²) in [6.07, 6.45) is 2.38. The third-order valence-electron chi connectivity index (χ3n) is 3.44. The Morgan fingerprint density at radius 2 is 2.06 bits per heavy atom. The fraction of sp³-hybridized carbons (Fsp3) is 0.500. The summed E-state index contributed by atoms with van der Waals surface area (Å²) in [6.45, 7) is 7.96. The van der Waals surface area contributed by atoms with Crippen molar-refractivity contribution in [3.05, 3.63) is 29.6 Å². The Morgan fingerprint density at radius 1 is 1.25 bits per heavy atom. The van der Waals surface area contributed by atoms with Crippen LogP contribution in [0.4, 0.5) is 0 Å². The van der Waals surface area contributed by atoms with E-state index in [1.807, 2.05) is 0 Å². The lowest BCUT2D eigenvalue weighted by Gasteiger charge is -2.20. The number of hydrogen-bond acceptors (Lipinski definition) is 1. The van der Waals surface area contributed by atoms with Gasteiger partial charge in [-0.25, -0.2) is 4.98 Å². The Morgan fingerprint density at radius 3 is 2.81 bits per heavy atom. The number of nitrogens with zero attached hydrogens (tertiary/aromatic N) is 2. The van der Waals surface area contributed by atoms with Crippen LogP contribution in [-0.4, -0.2) is 9.55 Å². The van der Waals surface area contributed by atoms with Crippen LogP contribution < -0.4 is 0 Å². The van der Waals surface area contributed by atoms with Gasteiger partial charge in [-0.3, -0.25) is 0 Å². The maximum Gasteiger partial charge on any atom is 0.109 e. The van der Waals surface area contributed by atoms with Crippen LogP contribution in [0.1, 0.15) is 38.6 Å². The first kappa shape index (κ1) is 9.88. The SMILES string of the molecule is CC(C)(C)c1cccc2nc3n(c12)CCC3. The number of aryl methyl sites for hydroxylation is 2. The summed E-state index contributed by atoms with van der Waals surface area (Å²) in [5.41, 5.74) is 4.15. The predicted octanol–water partition coefficient (Wildman–Crippen LogP) is 3.28. The van der Waals surface area contributed by atoms with E-state index >= 15 is 0 Å². The van der Waals surface area contributed by atoms with Gasteiger partial charge in [-0.15, -0.1) is 0 Å². The lowest BCUT2D eigenvalue weighted by molar-refractivity contribution is 0.591. The molecule has 0 spiro atoms. The van der Waals surface area contributed by atoms with Gasteiger partial charge in [0.15, 0.2) is 0 Å². The molecule has 3 rings (SSSR count). The molecule has 1 aromatic carbocycles. The number of fused-ring (bicyclic) bond motifs is 3. The molecule has 0 fully saturated rings. The fourth-order valence-corrected chi connectivity index (χ4v) is 2.67. The summed E-state index contributed by atoms with van der Waals surface area (Å²) < 4.78 is 2.41. The van der Waals surface area contributed by atoms with Gasteiger partial charge < -0.3 is 4.57 Å². The summed E-state index contributed by atoms with van der Waals surface area (Å²) >= 11 is 0. The highest BCUT2D eigenvalue weighted by Crippen LogP contribution is 2.32. The molecule has 1 aromatic heterocycles. The van der Waals surface area contributed by atoms with Gasteiger partial charge in [-0.1, -0.05) is 32.9 Å². The van der Waals surface area contributed by atoms with Crippen molar-refractivity contribution in [1.82, 2.24) is 9.55 Å². The standard InChI is InChI=1S/C14H18N2/c1-14(2,3)10-6-4-7-11-13(10)16-9-5-8-12(16)15-11/h4,6-7H,5,8-9H2,1-3H3. The van der Waals surface area contributed by atoms with Gasteiger partial charge in [0.05, 0.1) is 11.0 Å². The molecular formula is C14H18N2. The summed E-state index contributed by atoms with van der Waals surface area (Å²) in [4.78, 5) is 4.73. The normalized spacial score (nSPS) is 15.7. The van der Waals surface area contributed by atoms with E-state index in [4.69, 9.17) is 4.98 Å². The van der Waals surface area contributed by atoms with E-state index < -0.39 is 0 Å². The molecule has 0 saturated carbocycles. The van der Waals surface area contributed by atoms with Gasteiger partial charge in [-0.05, 0) is 23.5 Å². The molecule has 0 atom stereocenters. The second kappa shape index (κ2) is 3.09. The van der Waals surface area contributed by atoms with Gasteiger partial charge in [0.1, 0.15) is 5.82 Å². The van der Waals surface area contributed by atoms with Crippen LogP contribution >= 0.6 is 0 Å². The van der Waals surface area contributed by atoms with E-state index in [1.165, 1.54) is 28.8 Å². The zero-order valence-electron chi connectivity index (χ0n) is 10.2. The van der Waals surface area contributed by atoms with Gasteiger partial charge >= 0.3 is 0 Å². The van der Waals surface area contributed by atoms with Crippen molar-refractivity contribution >= 4 is 11.0 Å². The smallest absolute Gasteiger partial charge is 0.109 e. The summed E-state index contributed by atoms with van der Waals surface area (Å²) in [7, 11) is 0. The van der Waals surface area contributed by atoms with E-state index in [-0.39, 0.29) is 5.41 Å². The summed E-state index contributed by atoms with van der Waals surface area (Å²) in [5.74, 6) is 1.27. The minimum absolute atomic E-state index is 0.193. The second-order valence-corrected chi connectivity index (χ2v) is 5.71. The highest BCUT2D eigenvalue weighted by molar-refractivity contribution is 5.81. The fourth-order valence-electron chi connectivity index (χ4n) is 2.67. The number of aromatic nitrogens is 2. The molecule has 2 aromatic rings. The molecule has 0 saturated heterocycles. The zero-order chi connectivity index (χ0) is 11.3. The second-order valence-electron chi connectivity index (χ2n) is 5.71. The Kier molecular flexibility index (Phi) is 1.91. The highest BCUT2D eigenvalue weighted by Gasteiger charge is 2.23. The van der Waals surface area contributed by atoms with Crippen molar-refractivity contribution < 1.29 is 0 Å². The molecule has 0 amide bonds. The van der Waals surface area contributed by atoms with Crippen molar-refractivity contribution in [1.29, 1.82) is 0 Å². The third-order valence-corrected chi connectivity index (χ3v) is 3.44. The Labute approximate surface area is 96.3 Å². The van der Waals surface area contributed by atoms with Crippen molar-refractivity contribution in [2.45, 2.75) is 45.6 Å². The maximum atomic E-state index is 4.73. The molecule has 0 N–H and O–H groups in total. The molecule has 0 radical (unpaired) electrons. The van der Waals surface area contributed by atoms with E-state index in [0.717, 1.165) is 13.0 Å². The molecule has 1 aliphatic heterocycles. The molecule has 0 aliphatic carbocycles. The molecule has 84 valence electrons. The highest BCUT2D eigenvalue weighted by atomic mass is 15.1. The van der Waals surface area contributed by atoms with E-state index in [9.17, 15) is 0 Å². The molecule has 2 heteroatoms. The van der Waals surface area contributed by atoms with Crippen LogP contribution in [0.5, 0.6) is 0 Å². The Bertz CT molecular complexity index is 544. The minimum atomic E-state index is 0.193. The van der Waals surface area contributed by atoms with Crippen LogP contribution in [-0.2, 0) is 18.4 Å². The van der Waals surface area contributed by atoms with Crippen LogP contribution in [0.15, 0.2) is 18.2 Å². The number of benzene rings is 1. The van der Waals surface area contributed by atoms with Crippen molar-refractivity contribution in [3.8, 4) is 0 Å². The largest absolute Gasteiger partial charge is 0.328 e. The van der Waals surface area contributed by atoms with Gasteiger partial charge in [0.25, 0.3) is 0 Å². The van der Waals surface area contributed by atoms with E-state index in [1.54, 1.807) is 0 Å². The van der Waals surface area contributed by atoms with Gasteiger partial charge in [0, 0.05) is 13.0 Å². The van der Waals surface area contributed by atoms with Crippen molar-refractivity contribution in [2.24, 2.45) is 0 Å². The van der Waals surface area contributed by atoms with Crippen LogP contribution in [0.25, 0.3) is 11.0 Å². The summed E-state index contributed by atoms with van der Waals surface area (Å²) in [6, 6.07) is 6.51. The molecule has 2 heterocycles. The van der Waals surface area contributed by atoms with E-state index in [0.29, 0.717) is 0 Å².